The molecule has 0 heterocycles. The van der Waals surface area contributed by atoms with Crippen LogP contribution in [0.5, 0.6) is 0 Å². The second-order valence-corrected chi connectivity index (χ2v) is 11.5. The highest BCUT2D eigenvalue weighted by molar-refractivity contribution is 7.87. The van der Waals surface area contributed by atoms with Crippen LogP contribution in [0.1, 0.15) is 41.0 Å². The number of carboxylic acid groups (broad SMARTS) is 1. The number of nitrogens with zero attached hydrogens (tertiary/aromatic N) is 2. The maximum Gasteiger partial charge on any atom is 0.490 e. The molecular formula is C30H36F3N7O6S. The summed E-state index contributed by atoms with van der Waals surface area (Å²) in [7, 11) is -3.84. The van der Waals surface area contributed by atoms with Crippen molar-refractivity contribution in [2.45, 2.75) is 44.1 Å². The van der Waals surface area contributed by atoms with Gasteiger partial charge in [0, 0.05) is 19.6 Å². The molecule has 2 amide bonds. The van der Waals surface area contributed by atoms with Gasteiger partial charge in [0.2, 0.25) is 11.8 Å². The lowest BCUT2D eigenvalue weighted by atomic mass is 9.89. The van der Waals surface area contributed by atoms with Crippen LogP contribution < -0.4 is 27.1 Å². The Balaban J connectivity index is 0.000000984. The number of aliphatic carboxylic acids is 1. The molecule has 3 aromatic rings. The number of guanidine groups is 1. The van der Waals surface area contributed by atoms with Crippen LogP contribution in [0.3, 0.4) is 0 Å². The van der Waals surface area contributed by atoms with E-state index in [1.807, 2.05) is 60.7 Å². The standard InChI is InChI=1S/C28H35N7O4S.C2HF3O2/c29-26(36)24(12-7-17-33-28(30)31)35(19-21-15-13-20(14-16-21)18-34-40(32,38)39)27(37)25(22-8-3-1-4-9-22)23-10-5-2-6-11-23;3-2(4,5)1(6)7/h1-6,8-11,13-16,24-25,34H,7,12,17-19H2,(H2,29,36)(H4,30,31,33)(H2,32,38,39);(H,6,7)/t24-;/m1./s1. The molecule has 0 aliphatic heterocycles. The Labute approximate surface area is 269 Å². The lowest BCUT2D eigenvalue weighted by Crippen LogP contribution is -2.49. The van der Waals surface area contributed by atoms with Crippen molar-refractivity contribution in [1.29, 1.82) is 0 Å². The molecule has 0 spiro atoms. The first-order valence-corrected chi connectivity index (χ1v) is 15.4. The maximum absolute atomic E-state index is 14.4. The molecular weight excluding hydrogens is 643 g/mol. The predicted molar refractivity (Wildman–Crippen MR) is 168 cm³/mol. The summed E-state index contributed by atoms with van der Waals surface area (Å²) in [6.07, 6.45) is -4.40. The molecule has 0 fully saturated rings. The number of rotatable bonds is 14. The van der Waals surface area contributed by atoms with Gasteiger partial charge in [0.05, 0.1) is 5.92 Å². The van der Waals surface area contributed by atoms with E-state index in [1.54, 1.807) is 24.3 Å². The van der Waals surface area contributed by atoms with Crippen LogP contribution in [0.4, 0.5) is 13.2 Å². The number of hydrogen-bond donors (Lipinski definition) is 6. The van der Waals surface area contributed by atoms with E-state index < -0.39 is 40.2 Å². The van der Waals surface area contributed by atoms with E-state index >= 15 is 0 Å². The van der Waals surface area contributed by atoms with Crippen molar-refractivity contribution in [3.63, 3.8) is 0 Å². The number of carbonyl (C=O) groups excluding carboxylic acids is 2. The van der Waals surface area contributed by atoms with Crippen molar-refractivity contribution in [2.24, 2.45) is 27.3 Å². The van der Waals surface area contributed by atoms with Crippen LogP contribution in [0.2, 0.25) is 0 Å². The fourth-order valence-corrected chi connectivity index (χ4v) is 4.73. The summed E-state index contributed by atoms with van der Waals surface area (Å²) in [5.41, 5.74) is 19.7. The molecule has 0 bridgehead atoms. The second kappa shape index (κ2) is 17.6. The van der Waals surface area contributed by atoms with Gasteiger partial charge >= 0.3 is 12.1 Å². The molecule has 254 valence electrons. The summed E-state index contributed by atoms with van der Waals surface area (Å²) in [6, 6.07) is 24.7. The van der Waals surface area contributed by atoms with Gasteiger partial charge in [-0.3, -0.25) is 14.6 Å². The van der Waals surface area contributed by atoms with Gasteiger partial charge in [0.15, 0.2) is 5.96 Å². The van der Waals surface area contributed by atoms with Gasteiger partial charge in [-0.25, -0.2) is 9.93 Å². The summed E-state index contributed by atoms with van der Waals surface area (Å²) in [4.78, 5) is 41.5. The van der Waals surface area contributed by atoms with Gasteiger partial charge in [-0.1, -0.05) is 84.9 Å². The highest BCUT2D eigenvalue weighted by atomic mass is 32.2. The largest absolute Gasteiger partial charge is 0.490 e. The van der Waals surface area contributed by atoms with Crippen molar-refractivity contribution in [2.75, 3.05) is 6.54 Å². The topological polar surface area (TPSA) is 237 Å². The fraction of sp³-hybridized carbons (Fsp3) is 0.267. The minimum Gasteiger partial charge on any atom is -0.475 e. The molecule has 0 saturated heterocycles. The second-order valence-electron chi connectivity index (χ2n) is 10.1. The summed E-state index contributed by atoms with van der Waals surface area (Å²) >= 11 is 0. The first-order valence-electron chi connectivity index (χ1n) is 13.9. The Bertz CT molecular complexity index is 1560. The first kappa shape index (κ1) is 38.2. The van der Waals surface area contributed by atoms with Crippen molar-refractivity contribution in [3.8, 4) is 0 Å². The first-order chi connectivity index (χ1) is 22.0. The zero-order valence-corrected chi connectivity index (χ0v) is 25.8. The lowest BCUT2D eigenvalue weighted by Gasteiger charge is -2.33. The number of nitrogens with two attached hydrogens (primary N) is 4. The smallest absolute Gasteiger partial charge is 0.475 e. The Morgan fingerprint density at radius 1 is 0.851 bits per heavy atom. The zero-order chi connectivity index (χ0) is 35.2. The summed E-state index contributed by atoms with van der Waals surface area (Å²) < 4.78 is 56.4. The number of halogens is 3. The third-order valence-corrected chi connectivity index (χ3v) is 7.07. The molecule has 3 aromatic carbocycles. The van der Waals surface area contributed by atoms with E-state index in [-0.39, 0.29) is 37.9 Å². The molecule has 10 N–H and O–H groups in total. The quantitative estimate of drug-likeness (QED) is 0.0831. The number of alkyl halides is 3. The average molecular weight is 680 g/mol. The van der Waals surface area contributed by atoms with Crippen LogP contribution in [-0.2, 0) is 37.7 Å². The number of aliphatic imine (C=N–C) groups is 1. The van der Waals surface area contributed by atoms with Crippen molar-refractivity contribution >= 4 is 34.0 Å². The zero-order valence-electron chi connectivity index (χ0n) is 25.0. The van der Waals surface area contributed by atoms with Crippen LogP contribution >= 0.6 is 0 Å². The van der Waals surface area contributed by atoms with Crippen molar-refractivity contribution in [1.82, 2.24) is 9.62 Å². The summed E-state index contributed by atoms with van der Waals surface area (Å²) in [6.45, 7) is 0.384. The van der Waals surface area contributed by atoms with E-state index in [1.165, 1.54) is 4.90 Å². The Kier molecular flexibility index (Phi) is 14.3. The molecule has 3 rings (SSSR count). The summed E-state index contributed by atoms with van der Waals surface area (Å²) in [5, 5.41) is 12.1. The number of nitrogens with one attached hydrogen (secondary N) is 1. The van der Waals surface area contributed by atoms with Crippen LogP contribution in [0.25, 0.3) is 0 Å². The number of amides is 2. The van der Waals surface area contributed by atoms with Crippen LogP contribution in [-0.4, -0.2) is 60.9 Å². The number of benzene rings is 3. The monoisotopic (exact) mass is 679 g/mol. The summed E-state index contributed by atoms with van der Waals surface area (Å²) in [5.74, 6) is -4.43. The number of carbonyl (C=O) groups is 3. The van der Waals surface area contributed by atoms with E-state index in [4.69, 9.17) is 32.2 Å². The number of carboxylic acids is 1. The molecule has 0 aliphatic rings. The SMILES string of the molecule is NC(=O)[C@@H](CCCN=C(N)N)N(Cc1ccc(CNS(N)(=O)=O)cc1)C(=O)C(c1ccccc1)c1ccccc1.O=C(O)C(F)(F)F. The number of hydrogen-bond acceptors (Lipinski definition) is 6. The third-order valence-electron chi connectivity index (χ3n) is 6.53. The molecule has 1 atom stereocenters. The van der Waals surface area contributed by atoms with Gasteiger partial charge in [-0.15, -0.1) is 0 Å². The van der Waals surface area contributed by atoms with Gasteiger partial charge in [-0.05, 0) is 35.1 Å². The molecule has 47 heavy (non-hydrogen) atoms. The van der Waals surface area contributed by atoms with E-state index in [2.05, 4.69) is 9.71 Å². The molecule has 13 nitrogen and oxygen atoms in total. The Morgan fingerprint density at radius 2 is 1.32 bits per heavy atom. The molecule has 0 saturated carbocycles. The van der Waals surface area contributed by atoms with E-state index in [0.29, 0.717) is 12.0 Å². The molecule has 0 aromatic heterocycles. The van der Waals surface area contributed by atoms with Gasteiger partial charge in [0.1, 0.15) is 6.04 Å². The van der Waals surface area contributed by atoms with Gasteiger partial charge < -0.3 is 27.2 Å². The fourth-order valence-electron chi connectivity index (χ4n) is 4.36. The van der Waals surface area contributed by atoms with Crippen LogP contribution in [0, 0.1) is 0 Å². The maximum atomic E-state index is 14.4. The van der Waals surface area contributed by atoms with Crippen molar-refractivity contribution < 1.29 is 41.1 Å². The van der Waals surface area contributed by atoms with E-state index in [9.17, 15) is 31.2 Å². The molecule has 0 unspecified atom stereocenters. The van der Waals surface area contributed by atoms with Crippen molar-refractivity contribution in [3.05, 3.63) is 107 Å². The van der Waals surface area contributed by atoms with Gasteiger partial charge in [-0.2, -0.15) is 26.3 Å². The van der Waals surface area contributed by atoms with Gasteiger partial charge in [0.25, 0.3) is 10.2 Å². The lowest BCUT2D eigenvalue weighted by molar-refractivity contribution is -0.192. The molecule has 17 heteroatoms. The Hall–Kier alpha value is -5.00. The normalized spacial score (nSPS) is 11.9. The van der Waals surface area contributed by atoms with E-state index in [0.717, 1.165) is 16.7 Å². The number of primary amides is 1. The average Bonchev–Trinajstić information content (AvgIpc) is 3.00. The highest BCUT2D eigenvalue weighted by Crippen LogP contribution is 2.29. The Morgan fingerprint density at radius 3 is 1.72 bits per heavy atom. The van der Waals surface area contributed by atoms with Crippen LogP contribution in [0.15, 0.2) is 89.9 Å². The highest BCUT2D eigenvalue weighted by Gasteiger charge is 2.38. The molecule has 0 aliphatic carbocycles. The molecule has 0 radical (unpaired) electrons. The predicted octanol–water partition coefficient (Wildman–Crippen LogP) is 1.68. The third kappa shape index (κ3) is 13.5. The minimum absolute atomic E-state index is 0.0144. The minimum atomic E-state index is -5.08.